The summed E-state index contributed by atoms with van der Waals surface area (Å²) >= 11 is 0. The highest BCUT2D eigenvalue weighted by Gasteiger charge is 2.21. The quantitative estimate of drug-likeness (QED) is 0.484. The maximum absolute atomic E-state index is 14.0. The molecule has 0 saturated carbocycles. The van der Waals surface area contributed by atoms with Gasteiger partial charge in [0.1, 0.15) is 0 Å². The Hall–Kier alpha value is -2.82. The number of rotatable bonds is 4. The van der Waals surface area contributed by atoms with Crippen molar-refractivity contribution >= 4 is 11.2 Å². The van der Waals surface area contributed by atoms with Crippen molar-refractivity contribution in [3.8, 4) is 16.9 Å². The molecule has 31 heavy (non-hydrogen) atoms. The fourth-order valence-electron chi connectivity index (χ4n) is 3.81. The number of aromatic nitrogens is 1. The first-order valence-electron chi connectivity index (χ1n) is 11.3. The maximum atomic E-state index is 14.0. The van der Waals surface area contributed by atoms with Crippen LogP contribution in [0, 0.1) is 11.7 Å². The fraction of sp³-hybridized carbons (Fsp3) is 0.423. The van der Waals surface area contributed by atoms with Crippen LogP contribution in [-0.4, -0.2) is 24.6 Å². The lowest BCUT2D eigenvalue weighted by molar-refractivity contribution is 0.386. The van der Waals surface area contributed by atoms with E-state index in [0.29, 0.717) is 11.1 Å². The Kier molecular flexibility index (Phi) is 9.10. The molecule has 1 aromatic carbocycles. The van der Waals surface area contributed by atoms with Crippen LogP contribution in [0.4, 0.5) is 10.1 Å². The number of halogens is 1. The lowest BCUT2D eigenvalue weighted by Gasteiger charge is -2.19. The lowest BCUT2D eigenvalue weighted by Crippen LogP contribution is -2.21. The molecule has 2 aromatic heterocycles. The van der Waals surface area contributed by atoms with Crippen LogP contribution in [0.1, 0.15) is 47.5 Å². The molecular formula is C26H35FN2O2. The van der Waals surface area contributed by atoms with Crippen molar-refractivity contribution in [2.45, 2.75) is 47.5 Å². The zero-order valence-electron chi connectivity index (χ0n) is 19.6. The van der Waals surface area contributed by atoms with Gasteiger partial charge in [-0.3, -0.25) is 9.20 Å². The van der Waals surface area contributed by atoms with E-state index in [1.165, 1.54) is 26.0 Å². The first kappa shape index (κ1) is 24.4. The zero-order chi connectivity index (χ0) is 23.0. The molecule has 0 spiro atoms. The number of pyridine rings is 2. The molecule has 5 heteroatoms. The molecule has 1 aliphatic rings. The number of benzene rings is 1. The molecule has 1 aliphatic heterocycles. The Morgan fingerprint density at radius 2 is 1.77 bits per heavy atom. The summed E-state index contributed by atoms with van der Waals surface area (Å²) in [5, 5.41) is 0. The number of hydrogen-bond acceptors (Lipinski definition) is 3. The minimum Gasteiger partial charge on any atom is -0.494 e. The van der Waals surface area contributed by atoms with Crippen molar-refractivity contribution in [3.05, 3.63) is 64.8 Å². The topological polar surface area (TPSA) is 34.0 Å². The number of ether oxygens (including phenoxy) is 1. The molecule has 0 aliphatic carbocycles. The minimum atomic E-state index is -0.440. The molecule has 4 rings (SSSR count). The number of hydrogen-bond donors (Lipinski definition) is 0. The largest absolute Gasteiger partial charge is 0.494 e. The van der Waals surface area contributed by atoms with Gasteiger partial charge in [-0.1, -0.05) is 47.1 Å². The van der Waals surface area contributed by atoms with Crippen molar-refractivity contribution in [2.75, 3.05) is 25.1 Å². The van der Waals surface area contributed by atoms with E-state index in [1.54, 1.807) is 22.6 Å². The van der Waals surface area contributed by atoms with Gasteiger partial charge in [0.2, 0.25) is 0 Å². The Morgan fingerprint density at radius 1 is 1.03 bits per heavy atom. The SMILES string of the molecule is CC.CC.CCC1CCN(c2ccc3cc(-c4ccc(OC)c(F)c4)cc(=O)n3c2)C1. The predicted octanol–water partition coefficient (Wildman–Crippen LogP) is 6.40. The second-order valence-corrected chi connectivity index (χ2v) is 7.12. The Labute approximate surface area is 185 Å². The van der Waals surface area contributed by atoms with Crippen LogP contribution in [0.2, 0.25) is 0 Å². The van der Waals surface area contributed by atoms with Crippen LogP contribution in [0.3, 0.4) is 0 Å². The van der Waals surface area contributed by atoms with Crippen LogP contribution in [0.5, 0.6) is 5.75 Å². The highest BCUT2D eigenvalue weighted by molar-refractivity contribution is 5.70. The van der Waals surface area contributed by atoms with E-state index in [2.05, 4.69) is 17.9 Å². The van der Waals surface area contributed by atoms with E-state index in [-0.39, 0.29) is 11.3 Å². The van der Waals surface area contributed by atoms with E-state index < -0.39 is 5.82 Å². The van der Waals surface area contributed by atoms with Gasteiger partial charge in [0.25, 0.3) is 5.56 Å². The van der Waals surface area contributed by atoms with Crippen LogP contribution < -0.4 is 15.2 Å². The van der Waals surface area contributed by atoms with Crippen molar-refractivity contribution in [1.29, 1.82) is 0 Å². The number of anilines is 1. The van der Waals surface area contributed by atoms with Gasteiger partial charge in [0.15, 0.2) is 11.6 Å². The van der Waals surface area contributed by atoms with Crippen molar-refractivity contribution < 1.29 is 9.13 Å². The molecule has 1 atom stereocenters. The summed E-state index contributed by atoms with van der Waals surface area (Å²) < 4.78 is 20.6. The van der Waals surface area contributed by atoms with Gasteiger partial charge in [-0.25, -0.2) is 4.39 Å². The number of nitrogens with zero attached hydrogens (tertiary/aromatic N) is 2. The first-order valence-corrected chi connectivity index (χ1v) is 11.3. The summed E-state index contributed by atoms with van der Waals surface area (Å²) in [7, 11) is 1.43. The summed E-state index contributed by atoms with van der Waals surface area (Å²) in [6, 6.07) is 12.2. The smallest absolute Gasteiger partial charge is 0.255 e. The van der Waals surface area contributed by atoms with Crippen molar-refractivity contribution in [1.82, 2.24) is 4.40 Å². The molecule has 0 N–H and O–H groups in total. The molecule has 0 bridgehead atoms. The zero-order valence-corrected chi connectivity index (χ0v) is 19.6. The molecule has 1 saturated heterocycles. The van der Waals surface area contributed by atoms with Gasteiger partial charge in [0, 0.05) is 30.9 Å². The summed E-state index contributed by atoms with van der Waals surface area (Å²) in [4.78, 5) is 15.0. The van der Waals surface area contributed by atoms with E-state index in [4.69, 9.17) is 4.74 Å². The lowest BCUT2D eigenvalue weighted by atomic mass is 10.1. The fourth-order valence-corrected chi connectivity index (χ4v) is 3.81. The van der Waals surface area contributed by atoms with E-state index >= 15 is 0 Å². The summed E-state index contributed by atoms with van der Waals surface area (Å²) in [6.45, 7) is 12.3. The molecule has 0 radical (unpaired) electrons. The normalized spacial score (nSPS) is 15.1. The Morgan fingerprint density at radius 3 is 2.39 bits per heavy atom. The van der Waals surface area contributed by atoms with Crippen molar-refractivity contribution in [3.63, 3.8) is 0 Å². The van der Waals surface area contributed by atoms with Gasteiger partial charge in [0.05, 0.1) is 12.8 Å². The molecule has 3 heterocycles. The Bertz CT molecular complexity index is 1050. The van der Waals surface area contributed by atoms with Crippen LogP contribution in [0.25, 0.3) is 16.6 Å². The second kappa shape index (κ2) is 11.5. The highest BCUT2D eigenvalue weighted by Crippen LogP contribution is 2.28. The third-order valence-corrected chi connectivity index (χ3v) is 5.50. The van der Waals surface area contributed by atoms with Gasteiger partial charge in [-0.05, 0) is 53.8 Å². The first-order chi connectivity index (χ1) is 15.1. The summed E-state index contributed by atoms with van der Waals surface area (Å²) in [6.07, 6.45) is 4.30. The van der Waals surface area contributed by atoms with Gasteiger partial charge in [-0.2, -0.15) is 0 Å². The third-order valence-electron chi connectivity index (χ3n) is 5.50. The highest BCUT2D eigenvalue weighted by atomic mass is 19.1. The Balaban J connectivity index is 0.000000807. The van der Waals surface area contributed by atoms with E-state index in [1.807, 2.05) is 46.0 Å². The average Bonchev–Trinajstić information content (AvgIpc) is 3.31. The molecule has 1 unspecified atom stereocenters. The van der Waals surface area contributed by atoms with E-state index in [0.717, 1.165) is 30.2 Å². The molecule has 4 nitrogen and oxygen atoms in total. The van der Waals surface area contributed by atoms with Crippen LogP contribution in [-0.2, 0) is 0 Å². The van der Waals surface area contributed by atoms with Crippen molar-refractivity contribution in [2.24, 2.45) is 5.92 Å². The summed E-state index contributed by atoms with van der Waals surface area (Å²) in [5.74, 6) is 0.478. The molecule has 1 fully saturated rings. The van der Waals surface area contributed by atoms with Crippen LogP contribution in [0.15, 0.2) is 53.5 Å². The second-order valence-electron chi connectivity index (χ2n) is 7.12. The van der Waals surface area contributed by atoms with Gasteiger partial charge in [-0.15, -0.1) is 0 Å². The van der Waals surface area contributed by atoms with Gasteiger partial charge >= 0.3 is 0 Å². The summed E-state index contributed by atoms with van der Waals surface area (Å²) in [5.41, 5.74) is 3.10. The van der Waals surface area contributed by atoms with E-state index in [9.17, 15) is 9.18 Å². The number of methoxy groups -OCH3 is 1. The number of fused-ring (bicyclic) bond motifs is 1. The average molecular weight is 427 g/mol. The maximum Gasteiger partial charge on any atom is 0.255 e. The molecule has 0 amide bonds. The molecule has 168 valence electrons. The third kappa shape index (κ3) is 5.46. The van der Waals surface area contributed by atoms with Crippen LogP contribution >= 0.6 is 0 Å². The molecule has 3 aromatic rings. The standard InChI is InChI=1S/C22H23FN2O2.2C2H6/c1-3-15-8-9-24(13-15)19-6-5-18-10-17(12-22(26)25(18)14-19)16-4-7-21(27-2)20(23)11-16;2*1-2/h4-7,10-12,14-15H,3,8-9,13H2,1-2H3;2*1-2H3. The predicted molar refractivity (Wildman–Crippen MR) is 129 cm³/mol. The minimum absolute atomic E-state index is 0.119. The van der Waals surface area contributed by atoms with Gasteiger partial charge < -0.3 is 9.64 Å². The molecular weight excluding hydrogens is 391 g/mol. The monoisotopic (exact) mass is 426 g/mol.